The van der Waals surface area contributed by atoms with Gasteiger partial charge in [0.25, 0.3) is 10.2 Å². The third-order valence-corrected chi connectivity index (χ3v) is 7.86. The van der Waals surface area contributed by atoms with Gasteiger partial charge in [-0.05, 0) is 19.8 Å². The van der Waals surface area contributed by atoms with Crippen molar-refractivity contribution >= 4 is 22.3 Å². The molecule has 0 radical (unpaired) electrons. The number of hydrogen-bond donors (Lipinski definition) is 2. The largest absolute Gasteiger partial charge is 0.447 e. The Kier molecular flexibility index (Phi) is 3.07. The molecule has 0 aromatic heterocycles. The van der Waals surface area contributed by atoms with Crippen molar-refractivity contribution in [1.82, 2.24) is 24.1 Å². The zero-order valence-electron chi connectivity index (χ0n) is 14.7. The predicted molar refractivity (Wildman–Crippen MR) is 89.5 cm³/mol. The highest BCUT2D eigenvalue weighted by Crippen LogP contribution is 2.43. The first kappa shape index (κ1) is 16.6. The molecule has 4 saturated heterocycles. The molecule has 0 aromatic carbocycles. The molecule has 2 N–H and O–H groups in total. The Labute approximate surface area is 152 Å². The maximum atomic E-state index is 12.5. The molecule has 5 aliphatic rings. The maximum absolute atomic E-state index is 12.5. The summed E-state index contributed by atoms with van der Waals surface area (Å²) < 4.78 is 33.8. The highest BCUT2D eigenvalue weighted by molar-refractivity contribution is 7.87. The van der Waals surface area contributed by atoms with Gasteiger partial charge in [-0.25, -0.2) is 9.59 Å². The molecule has 0 unspecified atom stereocenters. The SMILES string of the molecule is CC1(NS(=O)(=O)N2CC3(CN(C(=O)N4CC5(COC(=O)N5)C4)C3)C2)CC1. The van der Waals surface area contributed by atoms with Gasteiger partial charge in [-0.3, -0.25) is 0 Å². The number of carbonyl (C=O) groups excluding carboxylic acids is 2. The van der Waals surface area contributed by atoms with Crippen molar-refractivity contribution in [3.05, 3.63) is 0 Å². The van der Waals surface area contributed by atoms with E-state index in [1.54, 1.807) is 9.80 Å². The van der Waals surface area contributed by atoms with Gasteiger partial charge in [-0.1, -0.05) is 0 Å². The number of nitrogens with one attached hydrogen (secondary N) is 2. The van der Waals surface area contributed by atoms with Crippen LogP contribution in [0, 0.1) is 5.41 Å². The zero-order chi connectivity index (χ0) is 18.4. The van der Waals surface area contributed by atoms with Crippen molar-refractivity contribution in [3.63, 3.8) is 0 Å². The number of amides is 3. The van der Waals surface area contributed by atoms with Gasteiger partial charge in [0.1, 0.15) is 12.1 Å². The Morgan fingerprint density at radius 2 is 1.73 bits per heavy atom. The first-order valence-electron chi connectivity index (χ1n) is 8.90. The lowest BCUT2D eigenvalue weighted by Gasteiger charge is -2.60. The highest BCUT2D eigenvalue weighted by atomic mass is 32.2. The molecule has 1 saturated carbocycles. The fourth-order valence-corrected chi connectivity index (χ4v) is 6.16. The fraction of sp³-hybridized carbons (Fsp3) is 0.867. The van der Waals surface area contributed by atoms with Crippen LogP contribution in [0.4, 0.5) is 9.59 Å². The van der Waals surface area contributed by atoms with Gasteiger partial charge in [0.15, 0.2) is 0 Å². The first-order valence-corrected chi connectivity index (χ1v) is 10.3. The Morgan fingerprint density at radius 3 is 2.27 bits per heavy atom. The van der Waals surface area contributed by atoms with Gasteiger partial charge in [-0.15, -0.1) is 0 Å². The molecule has 5 rings (SSSR count). The van der Waals surface area contributed by atoms with Gasteiger partial charge in [-0.2, -0.15) is 17.4 Å². The normalized spacial score (nSPS) is 30.3. The van der Waals surface area contributed by atoms with Crippen LogP contribution in [-0.2, 0) is 14.9 Å². The van der Waals surface area contributed by atoms with Crippen LogP contribution >= 0.6 is 0 Å². The van der Waals surface area contributed by atoms with Gasteiger partial charge < -0.3 is 19.9 Å². The molecule has 2 spiro atoms. The van der Waals surface area contributed by atoms with Crippen molar-refractivity contribution in [2.45, 2.75) is 30.8 Å². The molecule has 3 amide bonds. The van der Waals surface area contributed by atoms with Crippen LogP contribution in [0.1, 0.15) is 19.8 Å². The average molecular weight is 385 g/mol. The van der Waals surface area contributed by atoms with E-state index in [2.05, 4.69) is 10.0 Å². The summed E-state index contributed by atoms with van der Waals surface area (Å²) in [6.07, 6.45) is 1.34. The smallest absolute Gasteiger partial charge is 0.407 e. The van der Waals surface area contributed by atoms with Crippen molar-refractivity contribution < 1.29 is 22.7 Å². The maximum Gasteiger partial charge on any atom is 0.407 e. The number of cyclic esters (lactones) is 1. The van der Waals surface area contributed by atoms with E-state index in [-0.39, 0.29) is 17.0 Å². The minimum absolute atomic E-state index is 0.0488. The van der Waals surface area contributed by atoms with Crippen molar-refractivity contribution in [2.75, 3.05) is 45.9 Å². The van der Waals surface area contributed by atoms with Crippen LogP contribution in [0.25, 0.3) is 0 Å². The topological polar surface area (TPSA) is 111 Å². The minimum Gasteiger partial charge on any atom is -0.447 e. The zero-order valence-corrected chi connectivity index (χ0v) is 15.5. The summed E-state index contributed by atoms with van der Waals surface area (Å²) in [7, 11) is -3.42. The predicted octanol–water partition coefficient (Wildman–Crippen LogP) is -1.09. The molecule has 144 valence electrons. The molecule has 5 fully saturated rings. The summed E-state index contributed by atoms with van der Waals surface area (Å²) >= 11 is 0. The average Bonchev–Trinajstić information content (AvgIpc) is 2.99. The van der Waals surface area contributed by atoms with Crippen LogP contribution < -0.4 is 10.0 Å². The minimum atomic E-state index is -3.42. The Hall–Kier alpha value is -1.59. The molecule has 1 aliphatic carbocycles. The van der Waals surface area contributed by atoms with Gasteiger partial charge in [0.2, 0.25) is 0 Å². The Morgan fingerprint density at radius 1 is 1.12 bits per heavy atom. The molecule has 0 aromatic rings. The van der Waals surface area contributed by atoms with Crippen molar-refractivity contribution in [2.24, 2.45) is 5.41 Å². The van der Waals surface area contributed by atoms with Gasteiger partial charge in [0, 0.05) is 37.1 Å². The summed E-state index contributed by atoms with van der Waals surface area (Å²) in [6.45, 7) is 5.25. The Balaban J connectivity index is 1.10. The lowest BCUT2D eigenvalue weighted by molar-refractivity contribution is -0.0711. The van der Waals surface area contributed by atoms with Crippen molar-refractivity contribution in [3.8, 4) is 0 Å². The van der Waals surface area contributed by atoms with Gasteiger partial charge >= 0.3 is 12.1 Å². The summed E-state index contributed by atoms with van der Waals surface area (Å²) in [5, 5.41) is 2.76. The number of nitrogens with zero attached hydrogens (tertiary/aromatic N) is 3. The molecule has 0 atom stereocenters. The second kappa shape index (κ2) is 4.82. The lowest BCUT2D eigenvalue weighted by atomic mass is 9.74. The molecule has 4 heterocycles. The lowest BCUT2D eigenvalue weighted by Crippen LogP contribution is -2.78. The van der Waals surface area contributed by atoms with E-state index >= 15 is 0 Å². The summed E-state index contributed by atoms with van der Waals surface area (Å²) in [5.41, 5.74) is -0.778. The van der Waals surface area contributed by atoms with Crippen LogP contribution in [0.15, 0.2) is 0 Å². The van der Waals surface area contributed by atoms with E-state index in [4.69, 9.17) is 4.74 Å². The quantitative estimate of drug-likeness (QED) is 0.641. The van der Waals surface area contributed by atoms with E-state index in [1.165, 1.54) is 4.31 Å². The van der Waals surface area contributed by atoms with Gasteiger partial charge in [0.05, 0.1) is 13.1 Å². The van der Waals surface area contributed by atoms with Crippen molar-refractivity contribution in [1.29, 1.82) is 0 Å². The fourth-order valence-electron chi connectivity index (χ4n) is 4.32. The van der Waals surface area contributed by atoms with Crippen LogP contribution in [0.3, 0.4) is 0 Å². The summed E-state index contributed by atoms with van der Waals surface area (Å²) in [5.74, 6) is 0. The van der Waals surface area contributed by atoms with Crippen LogP contribution in [0.2, 0.25) is 0 Å². The number of likely N-dealkylation sites (tertiary alicyclic amines) is 2. The molecular weight excluding hydrogens is 362 g/mol. The first-order chi connectivity index (χ1) is 12.1. The van der Waals surface area contributed by atoms with E-state index < -0.39 is 21.8 Å². The molecule has 11 heteroatoms. The summed E-state index contributed by atoms with van der Waals surface area (Å²) in [6, 6.07) is -0.0488. The Bertz CT molecular complexity index is 774. The van der Waals surface area contributed by atoms with E-state index in [0.29, 0.717) is 45.9 Å². The number of urea groups is 1. The summed E-state index contributed by atoms with van der Waals surface area (Å²) in [4.78, 5) is 27.1. The molecule has 4 aliphatic heterocycles. The second-order valence-corrected chi connectivity index (χ2v) is 10.6. The number of ether oxygens (including phenoxy) is 1. The van der Waals surface area contributed by atoms with E-state index in [0.717, 1.165) is 12.8 Å². The number of carbonyl (C=O) groups is 2. The number of hydrogen-bond acceptors (Lipinski definition) is 5. The van der Waals surface area contributed by atoms with E-state index in [9.17, 15) is 18.0 Å². The monoisotopic (exact) mass is 385 g/mol. The standard InChI is InChI=1S/C15H23N5O5S/c1-13(2-3-13)17-26(23,24)20-6-14(7-20)4-18(5-14)12(22)19-8-15(9-19)10-25-11(21)16-15/h17H,2-10H2,1H3,(H,16,21). The molecule has 0 bridgehead atoms. The van der Waals surface area contributed by atoms with E-state index in [1.807, 2.05) is 6.92 Å². The third-order valence-electron chi connectivity index (χ3n) is 6.17. The molecular formula is C15H23N5O5S. The van der Waals surface area contributed by atoms with Crippen LogP contribution in [0.5, 0.6) is 0 Å². The second-order valence-electron chi connectivity index (χ2n) is 8.91. The third kappa shape index (κ3) is 2.48. The number of rotatable bonds is 3. The molecule has 26 heavy (non-hydrogen) atoms. The highest BCUT2D eigenvalue weighted by Gasteiger charge is 2.59. The number of alkyl carbamates (subject to hydrolysis) is 1. The van der Waals surface area contributed by atoms with Crippen LogP contribution in [-0.4, -0.2) is 91.6 Å². The molecule has 10 nitrogen and oxygen atoms in total.